The highest BCUT2D eigenvalue weighted by atomic mass is 14.5. The van der Waals surface area contributed by atoms with Gasteiger partial charge in [0.1, 0.15) is 0 Å². The van der Waals surface area contributed by atoms with E-state index < -0.39 is 0 Å². The summed E-state index contributed by atoms with van der Waals surface area (Å²) in [5.74, 6) is 0. The number of rotatable bonds is 5. The number of hydrogen-bond donors (Lipinski definition) is 1. The molecule has 0 aliphatic heterocycles. The molecule has 0 fully saturated rings. The summed E-state index contributed by atoms with van der Waals surface area (Å²) in [4.78, 5) is 0. The smallest absolute Gasteiger partial charge is 0.241 e. The number of unbranched alkanes of at least 4 members (excludes halogenated alkanes) is 1. The van der Waals surface area contributed by atoms with Crippen LogP contribution in [0.3, 0.4) is 0 Å². The van der Waals surface area contributed by atoms with Crippen molar-refractivity contribution in [1.29, 1.82) is 0 Å². The van der Waals surface area contributed by atoms with E-state index in [0.29, 0.717) is 6.71 Å². The second kappa shape index (κ2) is 10.5. The van der Waals surface area contributed by atoms with Gasteiger partial charge in [-0.3, -0.25) is 0 Å². The summed E-state index contributed by atoms with van der Waals surface area (Å²) in [6, 6.07) is 32.0. The third-order valence-electron chi connectivity index (χ3n) is 4.00. The van der Waals surface area contributed by atoms with Crippen LogP contribution in [-0.2, 0) is 0 Å². The molecule has 3 aromatic rings. The van der Waals surface area contributed by atoms with Gasteiger partial charge in [-0.2, -0.15) is 0 Å². The summed E-state index contributed by atoms with van der Waals surface area (Å²) < 4.78 is 0. The quantitative estimate of drug-likeness (QED) is 0.699. The van der Waals surface area contributed by atoms with Crippen LogP contribution in [0.2, 0.25) is 0 Å². The van der Waals surface area contributed by atoms with E-state index in [2.05, 4.69) is 104 Å². The van der Waals surface area contributed by atoms with E-state index in [0.717, 1.165) is 6.54 Å². The topological polar surface area (TPSA) is 27.6 Å². The summed E-state index contributed by atoms with van der Waals surface area (Å²) in [6.45, 7) is 3.57. The molecule has 0 atom stereocenters. The van der Waals surface area contributed by atoms with Crippen molar-refractivity contribution >= 4 is 23.1 Å². The molecule has 0 aromatic heterocycles. The van der Waals surface area contributed by atoms with Gasteiger partial charge in [-0.1, -0.05) is 121 Å². The van der Waals surface area contributed by atoms with E-state index >= 15 is 0 Å². The van der Waals surface area contributed by atoms with Gasteiger partial charge in [-0.25, -0.2) is 0 Å². The first-order valence-corrected chi connectivity index (χ1v) is 8.81. The number of benzene rings is 3. The maximum Gasteiger partial charge on any atom is 0.241 e. The zero-order chi connectivity index (χ0) is 17.0. The van der Waals surface area contributed by atoms with Crippen LogP contribution in [0.25, 0.3) is 0 Å². The second-order valence-electron chi connectivity index (χ2n) is 5.87. The normalized spacial score (nSPS) is 9.75. The molecule has 24 heavy (non-hydrogen) atoms. The molecule has 0 heterocycles. The van der Waals surface area contributed by atoms with E-state index in [9.17, 15) is 0 Å². The minimum atomic E-state index is 0.309. The average Bonchev–Trinajstić information content (AvgIpc) is 2.66. The van der Waals surface area contributed by atoms with Crippen molar-refractivity contribution in [3.8, 4) is 0 Å². The van der Waals surface area contributed by atoms with Crippen LogP contribution in [0.4, 0.5) is 0 Å². The lowest BCUT2D eigenvalue weighted by molar-refractivity contribution is -0.368. The molecular weight excluding hydrogens is 289 g/mol. The Kier molecular flexibility index (Phi) is 7.86. The molecule has 0 spiro atoms. The molecule has 0 saturated carbocycles. The van der Waals surface area contributed by atoms with E-state index in [1.807, 2.05) is 0 Å². The van der Waals surface area contributed by atoms with Gasteiger partial charge in [0.25, 0.3) is 0 Å². The third kappa shape index (κ3) is 5.40. The van der Waals surface area contributed by atoms with E-state index in [1.165, 1.54) is 29.2 Å². The first-order valence-electron chi connectivity index (χ1n) is 8.81. The molecule has 3 aromatic carbocycles. The van der Waals surface area contributed by atoms with Crippen molar-refractivity contribution in [3.63, 3.8) is 0 Å². The van der Waals surface area contributed by atoms with Gasteiger partial charge in [0.15, 0.2) is 0 Å². The van der Waals surface area contributed by atoms with Gasteiger partial charge in [0, 0.05) is 0 Å². The zero-order valence-electron chi connectivity index (χ0n) is 14.6. The van der Waals surface area contributed by atoms with Crippen LogP contribution in [0.5, 0.6) is 0 Å². The number of hydrogen-bond acceptors (Lipinski definition) is 0. The molecule has 122 valence electrons. The molecule has 0 unspecified atom stereocenters. The largest absolute Gasteiger partial charge is 0.358 e. The predicted octanol–water partition coefficient (Wildman–Crippen LogP) is 2.23. The van der Waals surface area contributed by atoms with Gasteiger partial charge in [-0.15, -0.1) is 0 Å². The maximum atomic E-state index is 3.68. The maximum absolute atomic E-state index is 3.68. The molecule has 0 amide bonds. The summed E-state index contributed by atoms with van der Waals surface area (Å²) in [7, 11) is 0. The average molecular weight is 316 g/mol. The monoisotopic (exact) mass is 316 g/mol. The molecule has 0 aliphatic rings. The van der Waals surface area contributed by atoms with Gasteiger partial charge >= 0.3 is 0 Å². The van der Waals surface area contributed by atoms with E-state index in [4.69, 9.17) is 0 Å². The van der Waals surface area contributed by atoms with Crippen LogP contribution < -0.4 is 22.1 Å². The van der Waals surface area contributed by atoms with Crippen molar-refractivity contribution in [2.45, 2.75) is 19.8 Å². The van der Waals surface area contributed by atoms with Crippen LogP contribution in [-0.4, -0.2) is 13.3 Å². The fourth-order valence-electron chi connectivity index (χ4n) is 2.76. The molecule has 3 N–H and O–H groups in total. The Balaban J connectivity index is 0.000000368. The standard InChI is InChI=1S/C18H15B.C4H11N/c1-4-10-16(11-5-1)19(17-12-6-2-7-13-17)18-14-8-3-9-15-18;1-2-3-4-5/h1-15H;2-5H2,1H3/p+1. The van der Waals surface area contributed by atoms with Crippen molar-refractivity contribution in [3.05, 3.63) is 91.0 Å². The fraction of sp³-hybridized carbons (Fsp3) is 0.182. The summed E-state index contributed by atoms with van der Waals surface area (Å²) >= 11 is 0. The second-order valence-corrected chi connectivity index (χ2v) is 5.87. The molecule has 0 saturated heterocycles. The van der Waals surface area contributed by atoms with Crippen LogP contribution in [0, 0.1) is 0 Å². The van der Waals surface area contributed by atoms with Crippen LogP contribution in [0.15, 0.2) is 91.0 Å². The Hall–Kier alpha value is -2.32. The third-order valence-corrected chi connectivity index (χ3v) is 4.00. The predicted molar refractivity (Wildman–Crippen MR) is 107 cm³/mol. The van der Waals surface area contributed by atoms with Gasteiger partial charge in [-0.05, 0) is 6.42 Å². The van der Waals surface area contributed by atoms with Crippen molar-refractivity contribution in [2.75, 3.05) is 6.54 Å². The van der Waals surface area contributed by atoms with Crippen molar-refractivity contribution < 1.29 is 5.73 Å². The van der Waals surface area contributed by atoms with E-state index in [1.54, 1.807) is 0 Å². The highest BCUT2D eigenvalue weighted by Gasteiger charge is 2.20. The lowest BCUT2D eigenvalue weighted by atomic mass is 9.37. The Morgan fingerprint density at radius 2 is 0.958 bits per heavy atom. The highest BCUT2D eigenvalue weighted by Crippen LogP contribution is 1.95. The summed E-state index contributed by atoms with van der Waals surface area (Å²) in [6.07, 6.45) is 2.56. The summed E-state index contributed by atoms with van der Waals surface area (Å²) in [5.41, 5.74) is 7.68. The molecule has 0 aliphatic carbocycles. The van der Waals surface area contributed by atoms with E-state index in [-0.39, 0.29) is 0 Å². The zero-order valence-corrected chi connectivity index (χ0v) is 14.6. The molecule has 0 bridgehead atoms. The molecule has 0 radical (unpaired) electrons. The molecule has 3 rings (SSSR count). The lowest BCUT2D eigenvalue weighted by Crippen LogP contribution is -2.51. The minimum absolute atomic E-state index is 0.309. The number of quaternary nitrogens is 1. The Morgan fingerprint density at radius 3 is 1.17 bits per heavy atom. The van der Waals surface area contributed by atoms with Crippen molar-refractivity contribution in [1.82, 2.24) is 0 Å². The van der Waals surface area contributed by atoms with Gasteiger partial charge in [0.05, 0.1) is 6.54 Å². The van der Waals surface area contributed by atoms with Crippen LogP contribution >= 0.6 is 0 Å². The van der Waals surface area contributed by atoms with Crippen molar-refractivity contribution in [2.24, 2.45) is 0 Å². The molecule has 2 heteroatoms. The minimum Gasteiger partial charge on any atom is -0.358 e. The van der Waals surface area contributed by atoms with Gasteiger partial charge < -0.3 is 5.73 Å². The Morgan fingerprint density at radius 1 is 0.625 bits per heavy atom. The Bertz CT molecular complexity index is 572. The molecular formula is C22H27BN+. The van der Waals surface area contributed by atoms with Gasteiger partial charge in [0.2, 0.25) is 6.71 Å². The highest BCUT2D eigenvalue weighted by molar-refractivity contribution is 6.95. The fourth-order valence-corrected chi connectivity index (χ4v) is 2.76. The summed E-state index contributed by atoms with van der Waals surface area (Å²) in [5, 5.41) is 0. The first-order chi connectivity index (χ1) is 11.9. The Labute approximate surface area is 146 Å². The van der Waals surface area contributed by atoms with Crippen LogP contribution in [0.1, 0.15) is 19.8 Å². The first kappa shape index (κ1) is 18.0. The lowest BCUT2D eigenvalue weighted by Gasteiger charge is -2.15. The SMILES string of the molecule is CCCC[NH3+].c1ccc(B(c2ccccc2)c2ccccc2)cc1. The molecule has 1 nitrogen and oxygen atoms in total.